The van der Waals surface area contributed by atoms with E-state index in [1.165, 1.54) is 0 Å². The first-order valence-electron chi connectivity index (χ1n) is 5.32. The Morgan fingerprint density at radius 2 is 1.83 bits per heavy atom. The van der Waals surface area contributed by atoms with Crippen molar-refractivity contribution >= 4 is 24.3 Å². The number of guanidine groups is 2. The standard InChI is InChI=1S/C9H16F3N5.ClH/c10-9(11,12)5-2-1-3-6(4-5)16-8(15)17-7(13)14;/h5-6H,1-4H2,(H6,13,14,15,16,17);1H. The normalized spacial score (nSPS) is 23.7. The summed E-state index contributed by atoms with van der Waals surface area (Å²) in [4.78, 5) is 0. The molecule has 18 heavy (non-hydrogen) atoms. The van der Waals surface area contributed by atoms with E-state index in [0.29, 0.717) is 12.8 Å². The molecule has 1 aliphatic carbocycles. The predicted octanol–water partition coefficient (Wildman–Crippen LogP) is 1.54. The van der Waals surface area contributed by atoms with Crippen molar-refractivity contribution < 1.29 is 13.2 Å². The van der Waals surface area contributed by atoms with Crippen molar-refractivity contribution in [2.24, 2.45) is 11.7 Å². The highest BCUT2D eigenvalue weighted by Gasteiger charge is 2.42. The quantitative estimate of drug-likeness (QED) is 0.374. The van der Waals surface area contributed by atoms with Gasteiger partial charge in [-0.1, -0.05) is 6.42 Å². The topological polar surface area (TPSA) is 97.8 Å². The van der Waals surface area contributed by atoms with Crippen LogP contribution in [0.25, 0.3) is 0 Å². The molecule has 5 nitrogen and oxygen atoms in total. The Morgan fingerprint density at radius 1 is 1.22 bits per heavy atom. The van der Waals surface area contributed by atoms with Gasteiger partial charge in [0, 0.05) is 6.04 Å². The molecule has 9 heteroatoms. The van der Waals surface area contributed by atoms with Crippen LogP contribution in [-0.2, 0) is 0 Å². The van der Waals surface area contributed by atoms with E-state index >= 15 is 0 Å². The Balaban J connectivity index is 0.00000289. The minimum atomic E-state index is -4.17. The minimum Gasteiger partial charge on any atom is -0.370 e. The van der Waals surface area contributed by atoms with Crippen LogP contribution in [0.2, 0.25) is 0 Å². The van der Waals surface area contributed by atoms with Gasteiger partial charge in [-0.05, 0) is 19.3 Å². The summed E-state index contributed by atoms with van der Waals surface area (Å²) in [5.74, 6) is -1.95. The van der Waals surface area contributed by atoms with E-state index in [4.69, 9.17) is 16.6 Å². The van der Waals surface area contributed by atoms with Gasteiger partial charge in [0.25, 0.3) is 0 Å². The van der Waals surface area contributed by atoms with Gasteiger partial charge >= 0.3 is 6.18 Å². The molecule has 0 radical (unpaired) electrons. The summed E-state index contributed by atoms with van der Waals surface area (Å²) in [7, 11) is 0. The van der Waals surface area contributed by atoms with E-state index in [1.54, 1.807) is 0 Å². The maximum Gasteiger partial charge on any atom is 0.391 e. The highest BCUT2D eigenvalue weighted by molar-refractivity contribution is 5.94. The zero-order chi connectivity index (χ0) is 13.1. The molecule has 1 saturated carbocycles. The lowest BCUT2D eigenvalue weighted by Crippen LogP contribution is -2.49. The van der Waals surface area contributed by atoms with Gasteiger partial charge < -0.3 is 11.1 Å². The molecule has 106 valence electrons. The average molecular weight is 288 g/mol. The second kappa shape index (κ2) is 6.67. The molecule has 0 aromatic carbocycles. The van der Waals surface area contributed by atoms with E-state index < -0.39 is 24.1 Å². The fourth-order valence-electron chi connectivity index (χ4n) is 1.99. The average Bonchev–Trinajstić information content (AvgIpc) is 2.15. The molecular weight excluding hydrogens is 271 g/mol. The maximum absolute atomic E-state index is 12.5. The van der Waals surface area contributed by atoms with Crippen LogP contribution in [0.5, 0.6) is 0 Å². The van der Waals surface area contributed by atoms with Crippen LogP contribution in [0.1, 0.15) is 25.7 Å². The summed E-state index contributed by atoms with van der Waals surface area (Å²) < 4.78 is 37.5. The summed E-state index contributed by atoms with van der Waals surface area (Å²) in [5, 5.41) is 19.0. The molecule has 0 aliphatic heterocycles. The third-order valence-corrected chi connectivity index (χ3v) is 2.75. The minimum absolute atomic E-state index is 0. The van der Waals surface area contributed by atoms with Crippen molar-refractivity contribution in [1.29, 1.82) is 10.8 Å². The van der Waals surface area contributed by atoms with Crippen LogP contribution in [0, 0.1) is 16.7 Å². The van der Waals surface area contributed by atoms with E-state index in [9.17, 15) is 13.2 Å². The van der Waals surface area contributed by atoms with Gasteiger partial charge in [-0.3, -0.25) is 16.1 Å². The monoisotopic (exact) mass is 287 g/mol. The van der Waals surface area contributed by atoms with E-state index in [2.05, 4.69) is 10.6 Å². The van der Waals surface area contributed by atoms with Crippen LogP contribution < -0.4 is 16.4 Å². The molecule has 0 aromatic rings. The van der Waals surface area contributed by atoms with Crippen molar-refractivity contribution in [1.82, 2.24) is 10.6 Å². The number of nitrogens with two attached hydrogens (primary N) is 1. The second-order valence-electron chi connectivity index (χ2n) is 4.16. The first-order chi connectivity index (χ1) is 7.79. The largest absolute Gasteiger partial charge is 0.391 e. The molecule has 1 fully saturated rings. The second-order valence-corrected chi connectivity index (χ2v) is 4.16. The van der Waals surface area contributed by atoms with E-state index in [-0.39, 0.29) is 31.2 Å². The molecule has 1 rings (SSSR count). The number of halogens is 4. The van der Waals surface area contributed by atoms with Crippen LogP contribution >= 0.6 is 12.4 Å². The molecule has 2 unspecified atom stereocenters. The van der Waals surface area contributed by atoms with E-state index in [1.807, 2.05) is 0 Å². The van der Waals surface area contributed by atoms with Crippen LogP contribution in [0.3, 0.4) is 0 Å². The molecule has 0 aromatic heterocycles. The molecule has 2 atom stereocenters. The fourth-order valence-corrected chi connectivity index (χ4v) is 1.99. The third-order valence-electron chi connectivity index (χ3n) is 2.75. The smallest absolute Gasteiger partial charge is 0.370 e. The Labute approximate surface area is 109 Å². The summed E-state index contributed by atoms with van der Waals surface area (Å²) in [5.41, 5.74) is 5.01. The Hall–Kier alpha value is -1.18. The lowest BCUT2D eigenvalue weighted by Gasteiger charge is -2.31. The van der Waals surface area contributed by atoms with Gasteiger partial charge in [0.1, 0.15) is 0 Å². The molecule has 0 spiro atoms. The first-order valence-corrected chi connectivity index (χ1v) is 5.32. The number of alkyl halides is 3. The SMILES string of the molecule is Cl.N=C(N)NC(=N)NC1CCCC(C(F)(F)F)C1. The molecule has 6 N–H and O–H groups in total. The molecule has 0 saturated heterocycles. The number of rotatable bonds is 1. The van der Waals surface area contributed by atoms with Crippen molar-refractivity contribution in [2.45, 2.75) is 37.9 Å². The molecular formula is C9H17ClF3N5. The summed E-state index contributed by atoms with van der Waals surface area (Å²) in [6.45, 7) is 0. The highest BCUT2D eigenvalue weighted by atomic mass is 35.5. The third kappa shape index (κ3) is 5.44. The zero-order valence-corrected chi connectivity index (χ0v) is 10.4. The lowest BCUT2D eigenvalue weighted by atomic mass is 9.85. The van der Waals surface area contributed by atoms with Gasteiger partial charge in [0.05, 0.1) is 5.92 Å². The summed E-state index contributed by atoms with van der Waals surface area (Å²) >= 11 is 0. The lowest BCUT2D eigenvalue weighted by molar-refractivity contribution is -0.183. The van der Waals surface area contributed by atoms with Gasteiger partial charge in [0.2, 0.25) is 0 Å². The summed E-state index contributed by atoms with van der Waals surface area (Å²) in [6, 6.07) is -0.394. The van der Waals surface area contributed by atoms with Crippen LogP contribution in [0.15, 0.2) is 0 Å². The van der Waals surface area contributed by atoms with Crippen LogP contribution in [-0.4, -0.2) is 24.1 Å². The van der Waals surface area contributed by atoms with E-state index in [0.717, 1.165) is 0 Å². The van der Waals surface area contributed by atoms with Crippen molar-refractivity contribution in [2.75, 3.05) is 0 Å². The predicted molar refractivity (Wildman–Crippen MR) is 65.0 cm³/mol. The molecule has 0 amide bonds. The highest BCUT2D eigenvalue weighted by Crippen LogP contribution is 2.37. The number of hydrogen-bond donors (Lipinski definition) is 5. The van der Waals surface area contributed by atoms with Gasteiger partial charge in [-0.25, -0.2) is 0 Å². The zero-order valence-electron chi connectivity index (χ0n) is 9.60. The fraction of sp³-hybridized carbons (Fsp3) is 0.778. The Morgan fingerprint density at radius 3 is 2.33 bits per heavy atom. The summed E-state index contributed by atoms with van der Waals surface area (Å²) in [6.07, 6.45) is -2.99. The first kappa shape index (κ1) is 16.8. The Bertz CT molecular complexity index is 307. The van der Waals surface area contributed by atoms with Gasteiger partial charge in [0.15, 0.2) is 11.9 Å². The van der Waals surface area contributed by atoms with Crippen molar-refractivity contribution in [3.63, 3.8) is 0 Å². The number of nitrogens with one attached hydrogen (secondary N) is 4. The van der Waals surface area contributed by atoms with Crippen LogP contribution in [0.4, 0.5) is 13.2 Å². The molecule has 0 bridgehead atoms. The van der Waals surface area contributed by atoms with Crippen molar-refractivity contribution in [3.8, 4) is 0 Å². The van der Waals surface area contributed by atoms with Crippen molar-refractivity contribution in [3.05, 3.63) is 0 Å². The Kier molecular flexibility index (Phi) is 6.23. The molecule has 0 heterocycles. The maximum atomic E-state index is 12.5. The molecule has 1 aliphatic rings. The number of hydrogen-bond acceptors (Lipinski definition) is 2. The van der Waals surface area contributed by atoms with Gasteiger partial charge in [-0.2, -0.15) is 13.2 Å². The van der Waals surface area contributed by atoms with Gasteiger partial charge in [-0.15, -0.1) is 12.4 Å².